The van der Waals surface area contributed by atoms with E-state index in [1.54, 1.807) is 11.3 Å². The first-order valence-corrected chi connectivity index (χ1v) is 6.72. The average molecular weight is 261 g/mol. The second-order valence-corrected chi connectivity index (χ2v) is 6.08. The third-order valence-corrected chi connectivity index (χ3v) is 4.36. The van der Waals surface area contributed by atoms with Crippen molar-refractivity contribution in [1.82, 2.24) is 5.43 Å². The Labute approximate surface area is 105 Å². The topological polar surface area (TPSA) is 47.3 Å². The third-order valence-electron chi connectivity index (χ3n) is 3.10. The van der Waals surface area contributed by atoms with E-state index >= 15 is 0 Å². The van der Waals surface area contributed by atoms with Crippen LogP contribution in [0, 0.1) is 5.92 Å². The highest BCUT2D eigenvalue weighted by Crippen LogP contribution is 2.27. The molecule has 2 heterocycles. The number of hydrogen-bond acceptors (Lipinski definition) is 4. The highest BCUT2D eigenvalue weighted by Gasteiger charge is 2.31. The van der Waals surface area contributed by atoms with Crippen LogP contribution in [0.25, 0.3) is 0 Å². The molecule has 0 spiro atoms. The van der Waals surface area contributed by atoms with E-state index in [1.165, 1.54) is 4.88 Å². The van der Waals surface area contributed by atoms with E-state index in [0.29, 0.717) is 5.92 Å². The standard InChI is InChI=1S/C11H17ClN2OS/c1-7-4-5-15-11(7)9(14-13)6-8-2-3-10(12)16-8/h2-3,7,9,11,14H,4-6,13H2,1H3. The lowest BCUT2D eigenvalue weighted by atomic mass is 9.95. The van der Waals surface area contributed by atoms with Gasteiger partial charge in [-0.2, -0.15) is 0 Å². The number of nitrogens with two attached hydrogens (primary N) is 1. The van der Waals surface area contributed by atoms with E-state index in [2.05, 4.69) is 18.4 Å². The molecule has 1 aromatic rings. The highest BCUT2D eigenvalue weighted by atomic mass is 35.5. The molecule has 2 rings (SSSR count). The maximum Gasteiger partial charge on any atom is 0.0931 e. The zero-order valence-corrected chi connectivity index (χ0v) is 10.9. The van der Waals surface area contributed by atoms with Gasteiger partial charge in [-0.25, -0.2) is 0 Å². The Hall–Kier alpha value is -0.130. The molecule has 1 saturated heterocycles. The molecule has 3 unspecified atom stereocenters. The van der Waals surface area contributed by atoms with E-state index in [-0.39, 0.29) is 12.1 Å². The molecule has 3 atom stereocenters. The van der Waals surface area contributed by atoms with Crippen molar-refractivity contribution in [3.63, 3.8) is 0 Å². The van der Waals surface area contributed by atoms with Gasteiger partial charge in [0.05, 0.1) is 16.5 Å². The van der Waals surface area contributed by atoms with E-state index in [9.17, 15) is 0 Å². The van der Waals surface area contributed by atoms with E-state index in [0.717, 1.165) is 23.8 Å². The lowest BCUT2D eigenvalue weighted by Crippen LogP contribution is -2.47. The summed E-state index contributed by atoms with van der Waals surface area (Å²) in [4.78, 5) is 1.25. The summed E-state index contributed by atoms with van der Waals surface area (Å²) in [5.41, 5.74) is 2.87. The molecule has 0 saturated carbocycles. The van der Waals surface area contributed by atoms with Crippen molar-refractivity contribution < 1.29 is 4.74 Å². The lowest BCUT2D eigenvalue weighted by Gasteiger charge is -2.24. The molecule has 16 heavy (non-hydrogen) atoms. The molecule has 90 valence electrons. The predicted octanol–water partition coefficient (Wildman–Crippen LogP) is 2.20. The number of ether oxygens (including phenoxy) is 1. The van der Waals surface area contributed by atoms with Crippen LogP contribution in [0.2, 0.25) is 4.34 Å². The molecule has 1 aliphatic heterocycles. The van der Waals surface area contributed by atoms with Gasteiger partial charge in [-0.15, -0.1) is 11.3 Å². The molecule has 0 bridgehead atoms. The first kappa shape index (κ1) is 12.3. The van der Waals surface area contributed by atoms with Crippen molar-refractivity contribution in [2.75, 3.05) is 6.61 Å². The van der Waals surface area contributed by atoms with E-state index in [4.69, 9.17) is 22.2 Å². The van der Waals surface area contributed by atoms with Gasteiger partial charge < -0.3 is 4.74 Å². The zero-order chi connectivity index (χ0) is 11.5. The largest absolute Gasteiger partial charge is 0.376 e. The summed E-state index contributed by atoms with van der Waals surface area (Å²) in [6, 6.07) is 4.15. The Balaban J connectivity index is 2.00. The lowest BCUT2D eigenvalue weighted by molar-refractivity contribution is 0.0613. The summed E-state index contributed by atoms with van der Waals surface area (Å²) < 4.78 is 6.55. The molecule has 5 heteroatoms. The second-order valence-electron chi connectivity index (χ2n) is 4.28. The highest BCUT2D eigenvalue weighted by molar-refractivity contribution is 7.16. The van der Waals surface area contributed by atoms with Gasteiger partial charge in [0.1, 0.15) is 0 Å². The van der Waals surface area contributed by atoms with Crippen LogP contribution in [-0.2, 0) is 11.2 Å². The van der Waals surface area contributed by atoms with Crippen LogP contribution in [0.5, 0.6) is 0 Å². The Morgan fingerprint density at radius 2 is 2.50 bits per heavy atom. The van der Waals surface area contributed by atoms with Crippen LogP contribution >= 0.6 is 22.9 Å². The van der Waals surface area contributed by atoms with Gasteiger partial charge in [0.25, 0.3) is 0 Å². The number of rotatable bonds is 4. The summed E-state index contributed by atoms with van der Waals surface area (Å²) in [5, 5.41) is 0. The minimum Gasteiger partial charge on any atom is -0.376 e. The van der Waals surface area contributed by atoms with Crippen LogP contribution in [0.3, 0.4) is 0 Å². The maximum atomic E-state index is 5.91. The van der Waals surface area contributed by atoms with Gasteiger partial charge in [0, 0.05) is 17.9 Å². The number of halogens is 1. The van der Waals surface area contributed by atoms with Crippen LogP contribution in [0.1, 0.15) is 18.2 Å². The Morgan fingerprint density at radius 1 is 1.69 bits per heavy atom. The van der Waals surface area contributed by atoms with E-state index < -0.39 is 0 Å². The van der Waals surface area contributed by atoms with E-state index in [1.807, 2.05) is 6.07 Å². The molecule has 1 aliphatic rings. The van der Waals surface area contributed by atoms with Crippen molar-refractivity contribution in [1.29, 1.82) is 0 Å². The SMILES string of the molecule is CC1CCOC1C(Cc1ccc(Cl)s1)NN. The monoisotopic (exact) mass is 260 g/mol. The first-order valence-electron chi connectivity index (χ1n) is 5.52. The molecule has 0 aliphatic carbocycles. The van der Waals surface area contributed by atoms with Crippen LogP contribution in [0.15, 0.2) is 12.1 Å². The second kappa shape index (κ2) is 5.47. The molecular formula is C11H17ClN2OS. The predicted molar refractivity (Wildman–Crippen MR) is 67.7 cm³/mol. The first-order chi connectivity index (χ1) is 7.70. The molecule has 0 amide bonds. The normalized spacial score (nSPS) is 27.2. The molecule has 0 aromatic carbocycles. The minimum atomic E-state index is 0.173. The van der Waals surface area contributed by atoms with Crippen molar-refractivity contribution in [3.8, 4) is 0 Å². The van der Waals surface area contributed by atoms with Crippen LogP contribution in [0.4, 0.5) is 0 Å². The summed E-state index contributed by atoms with van der Waals surface area (Å²) in [5.74, 6) is 6.18. The molecule has 1 aromatic heterocycles. The summed E-state index contributed by atoms with van der Waals surface area (Å²) in [6.45, 7) is 3.05. The smallest absolute Gasteiger partial charge is 0.0931 e. The summed E-state index contributed by atoms with van der Waals surface area (Å²) in [6.07, 6.45) is 2.21. The van der Waals surface area contributed by atoms with Gasteiger partial charge in [-0.3, -0.25) is 11.3 Å². The molecule has 0 radical (unpaired) electrons. The summed E-state index contributed by atoms with van der Waals surface area (Å²) >= 11 is 7.52. The van der Waals surface area contributed by atoms with Gasteiger partial charge in [-0.1, -0.05) is 18.5 Å². The average Bonchev–Trinajstić information content (AvgIpc) is 2.84. The fraction of sp³-hybridized carbons (Fsp3) is 0.636. The van der Waals surface area contributed by atoms with Crippen LogP contribution < -0.4 is 11.3 Å². The maximum absolute atomic E-state index is 5.91. The van der Waals surface area contributed by atoms with Crippen molar-refractivity contribution in [2.24, 2.45) is 11.8 Å². The fourth-order valence-electron chi connectivity index (χ4n) is 2.18. The summed E-state index contributed by atoms with van der Waals surface area (Å²) in [7, 11) is 0. The van der Waals surface area contributed by atoms with Crippen molar-refractivity contribution in [2.45, 2.75) is 31.9 Å². The minimum absolute atomic E-state index is 0.173. The molecule has 3 nitrogen and oxygen atoms in total. The molecular weight excluding hydrogens is 244 g/mol. The fourth-order valence-corrected chi connectivity index (χ4v) is 3.33. The zero-order valence-electron chi connectivity index (χ0n) is 9.28. The number of thiophene rings is 1. The van der Waals surface area contributed by atoms with Crippen molar-refractivity contribution in [3.05, 3.63) is 21.3 Å². The Bertz CT molecular complexity index is 344. The van der Waals surface area contributed by atoms with Gasteiger partial charge in [0.15, 0.2) is 0 Å². The Kier molecular flexibility index (Phi) is 4.21. The van der Waals surface area contributed by atoms with Gasteiger partial charge in [-0.05, 0) is 24.5 Å². The number of nitrogens with one attached hydrogen (secondary N) is 1. The van der Waals surface area contributed by atoms with Gasteiger partial charge in [0.2, 0.25) is 0 Å². The van der Waals surface area contributed by atoms with Gasteiger partial charge >= 0.3 is 0 Å². The molecule has 1 fully saturated rings. The van der Waals surface area contributed by atoms with Crippen LogP contribution in [-0.4, -0.2) is 18.8 Å². The molecule has 3 N–H and O–H groups in total. The third kappa shape index (κ3) is 2.76. The van der Waals surface area contributed by atoms with Crippen molar-refractivity contribution >= 4 is 22.9 Å². The Morgan fingerprint density at radius 3 is 3.00 bits per heavy atom. The quantitative estimate of drug-likeness (QED) is 0.645. The number of hydrazine groups is 1. The number of hydrogen-bond donors (Lipinski definition) is 2.